The Kier molecular flexibility index (Phi) is 5.29. The normalized spacial score (nSPS) is 17.5. The lowest BCUT2D eigenvalue weighted by Crippen LogP contribution is -2.55. The maximum absolute atomic E-state index is 13.5. The van der Waals surface area contributed by atoms with E-state index in [0.717, 1.165) is 22.4 Å². The van der Waals surface area contributed by atoms with Gasteiger partial charge in [-0.1, -0.05) is 18.2 Å². The Morgan fingerprint density at radius 3 is 2.45 bits per heavy atom. The van der Waals surface area contributed by atoms with E-state index in [4.69, 9.17) is 9.47 Å². The Hall–Kier alpha value is -3.22. The average molecular weight is 424 g/mol. The van der Waals surface area contributed by atoms with Gasteiger partial charge in [-0.3, -0.25) is 9.69 Å². The minimum absolute atomic E-state index is 0.0187. The maximum atomic E-state index is 13.5. The van der Waals surface area contributed by atoms with Gasteiger partial charge in [0.15, 0.2) is 11.5 Å². The quantitative estimate of drug-likeness (QED) is 0.817. The zero-order chi connectivity index (χ0) is 22.3. The molecule has 2 aromatic rings. The molecule has 31 heavy (non-hydrogen) atoms. The van der Waals surface area contributed by atoms with Gasteiger partial charge in [0.2, 0.25) is 5.91 Å². The van der Waals surface area contributed by atoms with Gasteiger partial charge in [0.05, 0.1) is 25.9 Å². The maximum Gasteiger partial charge on any atom is 0.325 e. The van der Waals surface area contributed by atoms with Crippen molar-refractivity contribution >= 4 is 17.6 Å². The number of hydrogen-bond acceptors (Lipinski definition) is 4. The second kappa shape index (κ2) is 7.80. The summed E-state index contributed by atoms with van der Waals surface area (Å²) in [4.78, 5) is 29.6. The molecule has 0 saturated carbocycles. The lowest BCUT2D eigenvalue weighted by Gasteiger charge is -2.45. The number of ether oxygens (including phenoxy) is 2. The Morgan fingerprint density at radius 1 is 1.10 bits per heavy atom. The fourth-order valence-corrected chi connectivity index (χ4v) is 4.46. The monoisotopic (exact) mass is 423 g/mol. The van der Waals surface area contributed by atoms with Crippen LogP contribution in [0.25, 0.3) is 0 Å². The number of nitrogens with one attached hydrogen (secondary N) is 1. The van der Waals surface area contributed by atoms with Crippen LogP contribution in [0.4, 0.5) is 10.5 Å². The van der Waals surface area contributed by atoms with Crippen LogP contribution in [0.15, 0.2) is 36.4 Å². The van der Waals surface area contributed by atoms with Crippen LogP contribution in [0, 0.1) is 0 Å². The third kappa shape index (κ3) is 3.80. The molecule has 4 rings (SSSR count). The summed E-state index contributed by atoms with van der Waals surface area (Å²) in [5, 5.41) is 2.95. The molecule has 2 aliphatic rings. The van der Waals surface area contributed by atoms with Crippen LogP contribution >= 0.6 is 0 Å². The molecule has 0 fully saturated rings. The standard InChI is InChI=1S/C24H29N3O4/c1-24(2,3)25-21(28)14-27-18-9-7-6-8-16(18)22-17-13-20(31-5)19(30-4)12-15(17)10-11-26(22)23(27)29/h6-9,12-13,22H,10-11,14H2,1-5H3,(H,25,28)/t22-/m1/s1. The highest BCUT2D eigenvalue weighted by Crippen LogP contribution is 2.46. The molecule has 2 aliphatic heterocycles. The van der Waals surface area contributed by atoms with Crippen molar-refractivity contribution in [3.63, 3.8) is 0 Å². The number of anilines is 1. The number of methoxy groups -OCH3 is 2. The van der Waals surface area contributed by atoms with Crippen molar-refractivity contribution in [1.82, 2.24) is 10.2 Å². The van der Waals surface area contributed by atoms with E-state index in [1.54, 1.807) is 19.1 Å². The molecule has 1 atom stereocenters. The van der Waals surface area contributed by atoms with E-state index in [1.807, 2.05) is 62.1 Å². The molecule has 3 amide bonds. The molecule has 1 N–H and O–H groups in total. The molecule has 164 valence electrons. The summed E-state index contributed by atoms with van der Waals surface area (Å²) < 4.78 is 11.0. The van der Waals surface area contributed by atoms with Crippen LogP contribution in [0.2, 0.25) is 0 Å². The smallest absolute Gasteiger partial charge is 0.325 e. The summed E-state index contributed by atoms with van der Waals surface area (Å²) >= 11 is 0. The van der Waals surface area contributed by atoms with Crippen LogP contribution in [-0.4, -0.2) is 49.7 Å². The predicted octanol–water partition coefficient (Wildman–Crippen LogP) is 3.51. The zero-order valence-electron chi connectivity index (χ0n) is 18.7. The van der Waals surface area contributed by atoms with Gasteiger partial charge in [-0.2, -0.15) is 0 Å². The molecule has 2 heterocycles. The first kappa shape index (κ1) is 21.0. The highest BCUT2D eigenvalue weighted by Gasteiger charge is 2.42. The van der Waals surface area contributed by atoms with Gasteiger partial charge in [0, 0.05) is 17.6 Å². The molecule has 7 nitrogen and oxygen atoms in total. The van der Waals surface area contributed by atoms with Gasteiger partial charge in [-0.25, -0.2) is 4.79 Å². The minimum Gasteiger partial charge on any atom is -0.493 e. The number of carbonyl (C=O) groups is 2. The summed E-state index contributed by atoms with van der Waals surface area (Å²) in [5.41, 5.74) is 3.57. The Labute approximate surface area is 182 Å². The van der Waals surface area contributed by atoms with Crippen LogP contribution in [0.1, 0.15) is 43.5 Å². The number of benzene rings is 2. The number of carbonyl (C=O) groups excluding carboxylic acids is 2. The number of fused-ring (bicyclic) bond motifs is 5. The third-order valence-electron chi connectivity index (χ3n) is 5.69. The molecule has 0 saturated heterocycles. The van der Waals surface area contributed by atoms with Crippen molar-refractivity contribution in [1.29, 1.82) is 0 Å². The summed E-state index contributed by atoms with van der Waals surface area (Å²) in [7, 11) is 3.24. The molecule has 0 spiro atoms. The van der Waals surface area contributed by atoms with E-state index in [-0.39, 0.29) is 30.1 Å². The molecule has 7 heteroatoms. The molecular weight excluding hydrogens is 394 g/mol. The molecule has 0 bridgehead atoms. The minimum atomic E-state index is -0.363. The number of amides is 3. The van der Waals surface area contributed by atoms with Gasteiger partial charge in [-0.15, -0.1) is 0 Å². The van der Waals surface area contributed by atoms with E-state index in [2.05, 4.69) is 5.32 Å². The number of nitrogens with zero attached hydrogens (tertiary/aromatic N) is 2. The fourth-order valence-electron chi connectivity index (χ4n) is 4.46. The molecule has 0 unspecified atom stereocenters. The fraction of sp³-hybridized carbons (Fsp3) is 0.417. The van der Waals surface area contributed by atoms with Crippen molar-refractivity contribution in [2.75, 3.05) is 32.2 Å². The highest BCUT2D eigenvalue weighted by atomic mass is 16.5. The van der Waals surface area contributed by atoms with Crippen molar-refractivity contribution < 1.29 is 19.1 Å². The summed E-state index contributed by atoms with van der Waals surface area (Å²) in [6.45, 7) is 6.33. The second-order valence-corrected chi connectivity index (χ2v) is 8.98. The van der Waals surface area contributed by atoms with E-state index in [9.17, 15) is 9.59 Å². The predicted molar refractivity (Wildman–Crippen MR) is 119 cm³/mol. The van der Waals surface area contributed by atoms with Gasteiger partial charge in [0.1, 0.15) is 6.54 Å². The Bertz CT molecular complexity index is 1030. The number of rotatable bonds is 4. The van der Waals surface area contributed by atoms with Crippen LogP contribution in [0.3, 0.4) is 0 Å². The summed E-state index contributed by atoms with van der Waals surface area (Å²) in [5.74, 6) is 1.14. The average Bonchev–Trinajstić information content (AvgIpc) is 2.73. The highest BCUT2D eigenvalue weighted by molar-refractivity contribution is 6.01. The van der Waals surface area contributed by atoms with Crippen molar-refractivity contribution in [3.8, 4) is 11.5 Å². The van der Waals surface area contributed by atoms with E-state index < -0.39 is 0 Å². The molecule has 0 aromatic heterocycles. The Balaban J connectivity index is 1.77. The zero-order valence-corrected chi connectivity index (χ0v) is 18.7. The van der Waals surface area contributed by atoms with E-state index in [1.165, 1.54) is 0 Å². The van der Waals surface area contributed by atoms with E-state index in [0.29, 0.717) is 24.5 Å². The van der Waals surface area contributed by atoms with E-state index >= 15 is 0 Å². The van der Waals surface area contributed by atoms with Gasteiger partial charge >= 0.3 is 6.03 Å². The van der Waals surface area contributed by atoms with Crippen LogP contribution in [-0.2, 0) is 11.2 Å². The van der Waals surface area contributed by atoms with Gasteiger partial charge in [-0.05, 0) is 56.5 Å². The first-order valence-electron chi connectivity index (χ1n) is 10.5. The lowest BCUT2D eigenvalue weighted by atomic mass is 9.85. The molecular formula is C24H29N3O4. The van der Waals surface area contributed by atoms with Gasteiger partial charge in [0.25, 0.3) is 0 Å². The molecule has 0 aliphatic carbocycles. The van der Waals surface area contributed by atoms with Crippen molar-refractivity contribution in [2.45, 2.75) is 38.8 Å². The van der Waals surface area contributed by atoms with Crippen LogP contribution in [0.5, 0.6) is 11.5 Å². The van der Waals surface area contributed by atoms with Crippen molar-refractivity contribution in [2.24, 2.45) is 0 Å². The topological polar surface area (TPSA) is 71.1 Å². The molecule has 0 radical (unpaired) electrons. The number of urea groups is 1. The summed E-state index contributed by atoms with van der Waals surface area (Å²) in [6, 6.07) is 11.4. The lowest BCUT2D eigenvalue weighted by molar-refractivity contribution is -0.121. The number of hydrogen-bond donors (Lipinski definition) is 1. The first-order chi connectivity index (χ1) is 14.7. The second-order valence-electron chi connectivity index (χ2n) is 8.98. The molecule has 2 aromatic carbocycles. The van der Waals surface area contributed by atoms with Gasteiger partial charge < -0.3 is 19.7 Å². The number of para-hydroxylation sites is 1. The summed E-state index contributed by atoms with van der Waals surface area (Å²) in [6.07, 6.45) is 0.710. The largest absolute Gasteiger partial charge is 0.493 e. The van der Waals surface area contributed by atoms with Crippen molar-refractivity contribution in [3.05, 3.63) is 53.1 Å². The van der Waals surface area contributed by atoms with Crippen LogP contribution < -0.4 is 19.7 Å². The first-order valence-corrected chi connectivity index (χ1v) is 10.5. The Morgan fingerprint density at radius 2 is 1.77 bits per heavy atom. The SMILES string of the molecule is COc1cc2c(cc1OC)[C@H]1c3ccccc3N(CC(=O)NC(C)(C)C)C(=O)N1CC2. The third-order valence-corrected chi connectivity index (χ3v) is 5.69.